The van der Waals surface area contributed by atoms with Crippen LogP contribution in [0, 0.1) is 5.92 Å². The van der Waals surface area contributed by atoms with Crippen molar-refractivity contribution >= 4 is 11.6 Å². The van der Waals surface area contributed by atoms with Gasteiger partial charge in [0.05, 0.1) is 0 Å². The minimum Gasteiger partial charge on any atom is -0.457 e. The molecule has 1 aliphatic carbocycles. The minimum atomic E-state index is -0.0574. The van der Waals surface area contributed by atoms with E-state index in [1.165, 1.54) is 75.3 Å². The van der Waals surface area contributed by atoms with E-state index in [9.17, 15) is 4.79 Å². The van der Waals surface area contributed by atoms with Gasteiger partial charge in [0, 0.05) is 29.2 Å². The summed E-state index contributed by atoms with van der Waals surface area (Å²) >= 11 is 0. The number of hydrogen-bond donors (Lipinski definition) is 1. The molecule has 0 aromatic heterocycles. The lowest BCUT2D eigenvalue weighted by atomic mass is 9.84. The molecule has 0 spiro atoms. The Labute approximate surface area is 241 Å². The van der Waals surface area contributed by atoms with E-state index in [4.69, 9.17) is 4.74 Å². The van der Waals surface area contributed by atoms with E-state index < -0.39 is 0 Å². The van der Waals surface area contributed by atoms with E-state index in [0.29, 0.717) is 6.42 Å². The summed E-state index contributed by atoms with van der Waals surface area (Å²) in [5.41, 5.74) is 5.55. The number of amides is 1. The Morgan fingerprint density at radius 2 is 1.48 bits per heavy atom. The van der Waals surface area contributed by atoms with Crippen molar-refractivity contribution in [2.75, 3.05) is 5.32 Å². The van der Waals surface area contributed by atoms with E-state index >= 15 is 0 Å². The van der Waals surface area contributed by atoms with Crippen LogP contribution in [-0.4, -0.2) is 5.91 Å². The van der Waals surface area contributed by atoms with Gasteiger partial charge in [-0.15, -0.1) is 0 Å². The minimum absolute atomic E-state index is 0.0315. The summed E-state index contributed by atoms with van der Waals surface area (Å²) in [5, 5.41) is 3.33. The van der Waals surface area contributed by atoms with E-state index in [1.807, 2.05) is 36.4 Å². The average Bonchev–Trinajstić information content (AvgIpc) is 2.95. The number of aryl methyl sites for hydroxylation is 1. The molecule has 212 valence electrons. The number of benzene rings is 3. The van der Waals surface area contributed by atoms with Gasteiger partial charge in [0.25, 0.3) is 0 Å². The van der Waals surface area contributed by atoms with Gasteiger partial charge in [-0.05, 0) is 53.5 Å². The van der Waals surface area contributed by atoms with Crippen LogP contribution in [0.25, 0.3) is 0 Å². The summed E-state index contributed by atoms with van der Waals surface area (Å²) in [6.07, 6.45) is 15.4. The van der Waals surface area contributed by atoms with Crippen LogP contribution < -0.4 is 10.1 Å². The number of anilines is 1. The molecule has 1 aliphatic heterocycles. The van der Waals surface area contributed by atoms with Crippen molar-refractivity contribution < 1.29 is 9.53 Å². The third-order valence-electron chi connectivity index (χ3n) is 8.92. The number of unbranched alkanes of at least 4 members (excludes halogenated alkanes) is 3. The van der Waals surface area contributed by atoms with Crippen LogP contribution in [0.1, 0.15) is 120 Å². The number of fused-ring (bicyclic) bond motifs is 2. The van der Waals surface area contributed by atoms with Gasteiger partial charge in [0.2, 0.25) is 5.91 Å². The monoisotopic (exact) mass is 537 g/mol. The molecule has 3 aromatic carbocycles. The maximum atomic E-state index is 13.6. The van der Waals surface area contributed by atoms with Gasteiger partial charge in [-0.3, -0.25) is 4.79 Å². The first kappa shape index (κ1) is 28.5. The molecule has 0 saturated heterocycles. The standard InChI is InChI=1S/C37H47NO2/c1-37(2,3)32-24-23-28(18-8-5-4-7-15-27-16-9-6-10-17-27)25-33(32)38-36(39)26-31-29-19-11-13-21-34(29)40-35-22-14-12-20-30(31)35/h11-14,19-25,27,31H,4-10,15-18,26H2,1-3H3,(H,38,39). The molecule has 3 heteroatoms. The lowest BCUT2D eigenvalue weighted by Crippen LogP contribution is -2.22. The average molecular weight is 538 g/mol. The molecule has 3 nitrogen and oxygen atoms in total. The second-order valence-corrected chi connectivity index (χ2v) is 13.1. The van der Waals surface area contributed by atoms with Crippen LogP contribution in [0.3, 0.4) is 0 Å². The third-order valence-corrected chi connectivity index (χ3v) is 8.92. The molecule has 1 saturated carbocycles. The van der Waals surface area contributed by atoms with Gasteiger partial charge in [0.15, 0.2) is 0 Å². The number of hydrogen-bond acceptors (Lipinski definition) is 2. The number of carbonyl (C=O) groups excluding carboxylic acids is 1. The molecule has 0 radical (unpaired) electrons. The molecule has 1 N–H and O–H groups in total. The predicted molar refractivity (Wildman–Crippen MR) is 167 cm³/mol. The summed E-state index contributed by atoms with van der Waals surface area (Å²) in [5.74, 6) is 2.69. The highest BCUT2D eigenvalue weighted by atomic mass is 16.5. The Morgan fingerprint density at radius 3 is 2.15 bits per heavy atom. The highest BCUT2D eigenvalue weighted by Gasteiger charge is 2.29. The molecule has 3 aromatic rings. The number of nitrogens with one attached hydrogen (secondary N) is 1. The van der Waals surface area contributed by atoms with Crippen LogP contribution in [0.5, 0.6) is 11.5 Å². The van der Waals surface area contributed by atoms with Crippen LogP contribution in [0.2, 0.25) is 0 Å². The van der Waals surface area contributed by atoms with Crippen molar-refractivity contribution in [3.63, 3.8) is 0 Å². The van der Waals surface area contributed by atoms with Gasteiger partial charge in [-0.25, -0.2) is 0 Å². The van der Waals surface area contributed by atoms with E-state index in [0.717, 1.165) is 40.7 Å². The Balaban J connectivity index is 1.22. The molecular weight excluding hydrogens is 490 g/mol. The highest BCUT2D eigenvalue weighted by molar-refractivity contribution is 5.93. The first-order valence-corrected chi connectivity index (χ1v) is 15.7. The topological polar surface area (TPSA) is 38.3 Å². The van der Waals surface area contributed by atoms with E-state index in [-0.39, 0.29) is 17.2 Å². The first-order chi connectivity index (χ1) is 19.4. The lowest BCUT2D eigenvalue weighted by molar-refractivity contribution is -0.116. The SMILES string of the molecule is CC(C)(C)c1ccc(CCCCCCC2CCCCC2)cc1NC(=O)CC1c2ccccc2Oc2ccccc21. The van der Waals surface area contributed by atoms with Gasteiger partial charge in [0.1, 0.15) is 11.5 Å². The molecule has 0 unspecified atom stereocenters. The van der Waals surface area contributed by atoms with E-state index in [1.54, 1.807) is 0 Å². The van der Waals surface area contributed by atoms with Gasteiger partial charge in [-0.2, -0.15) is 0 Å². The molecule has 0 bridgehead atoms. The Kier molecular flexibility index (Phi) is 9.29. The summed E-state index contributed by atoms with van der Waals surface area (Å²) in [4.78, 5) is 13.6. The fourth-order valence-electron chi connectivity index (χ4n) is 6.71. The molecule has 1 fully saturated rings. The first-order valence-electron chi connectivity index (χ1n) is 15.7. The van der Waals surface area contributed by atoms with Gasteiger partial charge >= 0.3 is 0 Å². The Bertz CT molecular complexity index is 1240. The molecule has 5 rings (SSSR count). The number of ether oxygens (including phenoxy) is 1. The molecule has 1 amide bonds. The van der Waals surface area contributed by atoms with Crippen molar-refractivity contribution in [1.82, 2.24) is 0 Å². The van der Waals surface area contributed by atoms with Gasteiger partial charge in [-0.1, -0.05) is 127 Å². The third kappa shape index (κ3) is 7.16. The van der Waals surface area contributed by atoms with Crippen molar-refractivity contribution in [2.45, 2.75) is 109 Å². The van der Waals surface area contributed by atoms with Crippen LogP contribution >= 0.6 is 0 Å². The molecular formula is C37H47NO2. The maximum Gasteiger partial charge on any atom is 0.225 e. The normalized spacial score (nSPS) is 15.7. The molecule has 0 atom stereocenters. The smallest absolute Gasteiger partial charge is 0.225 e. The fourth-order valence-corrected chi connectivity index (χ4v) is 6.71. The van der Waals surface area contributed by atoms with Crippen LogP contribution in [0.15, 0.2) is 66.7 Å². The predicted octanol–water partition coefficient (Wildman–Crippen LogP) is 10.3. The fraction of sp³-hybridized carbons (Fsp3) is 0.486. The summed E-state index contributed by atoms with van der Waals surface area (Å²) in [6, 6.07) is 22.9. The lowest BCUT2D eigenvalue weighted by Gasteiger charge is -2.28. The van der Waals surface area contributed by atoms with Crippen molar-refractivity contribution in [2.24, 2.45) is 5.92 Å². The second kappa shape index (κ2) is 13.1. The molecule has 40 heavy (non-hydrogen) atoms. The summed E-state index contributed by atoms with van der Waals surface area (Å²) in [7, 11) is 0. The van der Waals surface area contributed by atoms with Crippen molar-refractivity contribution in [1.29, 1.82) is 0 Å². The molecule has 2 aliphatic rings. The largest absolute Gasteiger partial charge is 0.457 e. The van der Waals surface area contributed by atoms with Crippen LogP contribution in [-0.2, 0) is 16.6 Å². The Hall–Kier alpha value is -3.07. The molecule has 1 heterocycles. The van der Waals surface area contributed by atoms with Crippen LogP contribution in [0.4, 0.5) is 5.69 Å². The maximum absolute atomic E-state index is 13.6. The Morgan fingerprint density at radius 1 is 0.825 bits per heavy atom. The zero-order chi connectivity index (χ0) is 28.0. The number of para-hydroxylation sites is 2. The zero-order valence-corrected chi connectivity index (χ0v) is 24.8. The van der Waals surface area contributed by atoms with Crippen molar-refractivity contribution in [3.05, 3.63) is 89.0 Å². The summed E-state index contributed by atoms with van der Waals surface area (Å²) < 4.78 is 6.15. The number of carbonyl (C=O) groups is 1. The van der Waals surface area contributed by atoms with Crippen molar-refractivity contribution in [3.8, 4) is 11.5 Å². The van der Waals surface area contributed by atoms with E-state index in [2.05, 4.69) is 56.4 Å². The second-order valence-electron chi connectivity index (χ2n) is 13.1. The highest BCUT2D eigenvalue weighted by Crippen LogP contribution is 2.45. The summed E-state index contributed by atoms with van der Waals surface area (Å²) in [6.45, 7) is 6.65. The zero-order valence-electron chi connectivity index (χ0n) is 24.8. The van der Waals surface area contributed by atoms with Gasteiger partial charge < -0.3 is 10.1 Å². The number of rotatable bonds is 10. The quantitative estimate of drug-likeness (QED) is 0.261.